The Labute approximate surface area is 106 Å². The average molecular weight is 254 g/mol. The molecular weight excluding hydrogens is 237 g/mol. The van der Waals surface area contributed by atoms with Crippen molar-refractivity contribution in [2.45, 2.75) is 38.5 Å². The van der Waals surface area contributed by atoms with Crippen molar-refractivity contribution in [1.82, 2.24) is 0 Å². The summed E-state index contributed by atoms with van der Waals surface area (Å²) in [4.78, 5) is 0. The highest BCUT2D eigenvalue weighted by atomic mass is 19.1. The molecule has 1 saturated carbocycles. The number of hydrogen-bond acceptors (Lipinski definition) is 0. The van der Waals surface area contributed by atoms with E-state index in [0.717, 1.165) is 31.8 Å². The fourth-order valence-electron chi connectivity index (χ4n) is 2.66. The topological polar surface area (TPSA) is 0 Å². The van der Waals surface area contributed by atoms with Crippen LogP contribution in [-0.2, 0) is 0 Å². The molecule has 0 radical (unpaired) electrons. The molecule has 0 atom stereocenters. The molecule has 0 spiro atoms. The zero-order valence-corrected chi connectivity index (χ0v) is 10.4. The van der Waals surface area contributed by atoms with Crippen molar-refractivity contribution in [1.29, 1.82) is 0 Å². The van der Waals surface area contributed by atoms with Gasteiger partial charge in [-0.2, -0.15) is 0 Å². The molecular formula is C15H17F3. The summed E-state index contributed by atoms with van der Waals surface area (Å²) in [7, 11) is 0. The van der Waals surface area contributed by atoms with E-state index in [-0.39, 0.29) is 17.8 Å². The zero-order chi connectivity index (χ0) is 13.1. The first kappa shape index (κ1) is 13.2. The Morgan fingerprint density at radius 3 is 2.11 bits per heavy atom. The minimum Gasteiger partial charge on any atom is -0.216 e. The predicted octanol–water partition coefficient (Wildman–Crippen LogP) is 5.20. The van der Waals surface area contributed by atoms with Crippen molar-refractivity contribution < 1.29 is 13.2 Å². The van der Waals surface area contributed by atoms with Crippen molar-refractivity contribution in [3.63, 3.8) is 0 Å². The summed E-state index contributed by atoms with van der Waals surface area (Å²) in [5.41, 5.74) is 0.401. The largest absolute Gasteiger partial charge is 0.216 e. The summed E-state index contributed by atoms with van der Waals surface area (Å²) in [6, 6.07) is 2.69. The SMILES string of the molecule is CC1CCC(c2cc(F)c(C=CF)c(F)c2)CC1. The lowest BCUT2D eigenvalue weighted by Crippen LogP contribution is -2.11. The lowest BCUT2D eigenvalue weighted by molar-refractivity contribution is 0.346. The summed E-state index contributed by atoms with van der Waals surface area (Å²) < 4.78 is 39.4. The smallest absolute Gasteiger partial charge is 0.133 e. The van der Waals surface area contributed by atoms with Crippen molar-refractivity contribution in [3.05, 3.63) is 41.2 Å². The highest BCUT2D eigenvalue weighted by Crippen LogP contribution is 2.36. The molecule has 3 heteroatoms. The molecule has 2 rings (SSSR count). The van der Waals surface area contributed by atoms with Gasteiger partial charge in [0, 0.05) is 5.56 Å². The predicted molar refractivity (Wildman–Crippen MR) is 66.9 cm³/mol. The maximum absolute atomic E-state index is 13.7. The number of hydrogen-bond donors (Lipinski definition) is 0. The third-order valence-electron chi connectivity index (χ3n) is 3.82. The molecule has 98 valence electrons. The summed E-state index contributed by atoms with van der Waals surface area (Å²) in [6.07, 6.45) is 5.11. The fraction of sp³-hybridized carbons (Fsp3) is 0.467. The summed E-state index contributed by atoms with van der Waals surface area (Å²) >= 11 is 0. The van der Waals surface area contributed by atoms with Crippen molar-refractivity contribution in [2.24, 2.45) is 5.92 Å². The van der Waals surface area contributed by atoms with Crippen LogP contribution in [0.1, 0.15) is 49.7 Å². The zero-order valence-electron chi connectivity index (χ0n) is 10.4. The third-order valence-corrected chi connectivity index (χ3v) is 3.82. The fourth-order valence-corrected chi connectivity index (χ4v) is 2.66. The normalized spacial score (nSPS) is 24.7. The molecule has 0 bridgehead atoms. The van der Waals surface area contributed by atoms with Crippen LogP contribution in [0.25, 0.3) is 6.08 Å². The van der Waals surface area contributed by atoms with Crippen molar-refractivity contribution in [2.75, 3.05) is 0 Å². The Bertz CT molecular complexity index is 420. The van der Waals surface area contributed by atoms with Crippen LogP contribution in [0.15, 0.2) is 18.5 Å². The van der Waals surface area contributed by atoms with Gasteiger partial charge in [0.15, 0.2) is 0 Å². The standard InChI is InChI=1S/C15H17F3/c1-10-2-4-11(5-3-10)12-8-14(17)13(6-7-16)15(18)9-12/h6-11H,2-5H2,1H3. The molecule has 1 aromatic rings. The average Bonchev–Trinajstić information content (AvgIpc) is 2.34. The van der Waals surface area contributed by atoms with Crippen LogP contribution in [-0.4, -0.2) is 0 Å². The molecule has 18 heavy (non-hydrogen) atoms. The van der Waals surface area contributed by atoms with Crippen molar-refractivity contribution >= 4 is 6.08 Å². The summed E-state index contributed by atoms with van der Waals surface area (Å²) in [5, 5.41) is 0. The van der Waals surface area contributed by atoms with Crippen molar-refractivity contribution in [3.8, 4) is 0 Å². The number of rotatable bonds is 2. The molecule has 0 N–H and O–H groups in total. The Morgan fingerprint density at radius 2 is 1.61 bits per heavy atom. The van der Waals surface area contributed by atoms with Crippen LogP contribution in [0.2, 0.25) is 0 Å². The molecule has 1 aromatic carbocycles. The van der Waals surface area contributed by atoms with Gasteiger partial charge in [-0.15, -0.1) is 0 Å². The first-order valence-corrected chi connectivity index (χ1v) is 6.37. The lowest BCUT2D eigenvalue weighted by Gasteiger charge is -2.26. The van der Waals surface area contributed by atoms with E-state index in [9.17, 15) is 13.2 Å². The van der Waals surface area contributed by atoms with Gasteiger partial charge >= 0.3 is 0 Å². The van der Waals surface area contributed by atoms with Gasteiger partial charge < -0.3 is 0 Å². The number of benzene rings is 1. The minimum atomic E-state index is -0.683. The van der Waals surface area contributed by atoms with Crippen LogP contribution in [0.3, 0.4) is 0 Å². The minimum absolute atomic E-state index is 0.156. The first-order chi connectivity index (χ1) is 8.61. The van der Waals surface area contributed by atoms with Gasteiger partial charge in [-0.05, 0) is 48.4 Å². The van der Waals surface area contributed by atoms with E-state index in [1.54, 1.807) is 0 Å². The van der Waals surface area contributed by atoms with Crippen LogP contribution in [0.5, 0.6) is 0 Å². The lowest BCUT2D eigenvalue weighted by atomic mass is 9.79. The Kier molecular flexibility index (Phi) is 4.10. The van der Waals surface area contributed by atoms with Crippen LogP contribution in [0, 0.1) is 17.6 Å². The Morgan fingerprint density at radius 1 is 1.06 bits per heavy atom. The summed E-state index contributed by atoms with van der Waals surface area (Å²) in [6.45, 7) is 2.20. The second-order valence-electron chi connectivity index (χ2n) is 5.15. The number of halogens is 3. The molecule has 0 heterocycles. The molecule has 0 nitrogen and oxygen atoms in total. The van der Waals surface area contributed by atoms with Gasteiger partial charge in [-0.1, -0.05) is 19.8 Å². The van der Waals surface area contributed by atoms with E-state index in [0.29, 0.717) is 11.5 Å². The molecule has 1 aliphatic carbocycles. The van der Waals surface area contributed by atoms with E-state index in [2.05, 4.69) is 6.92 Å². The second-order valence-corrected chi connectivity index (χ2v) is 5.15. The highest BCUT2D eigenvalue weighted by Gasteiger charge is 2.21. The molecule has 1 aliphatic rings. The van der Waals surface area contributed by atoms with Gasteiger partial charge in [-0.25, -0.2) is 13.2 Å². The van der Waals surface area contributed by atoms with Crippen LogP contribution >= 0.6 is 0 Å². The molecule has 0 unspecified atom stereocenters. The second kappa shape index (κ2) is 5.59. The van der Waals surface area contributed by atoms with E-state index in [1.807, 2.05) is 0 Å². The molecule has 1 fully saturated rings. The maximum Gasteiger partial charge on any atom is 0.133 e. The van der Waals surface area contributed by atoms with E-state index >= 15 is 0 Å². The van der Waals surface area contributed by atoms with Crippen LogP contribution in [0.4, 0.5) is 13.2 Å². The van der Waals surface area contributed by atoms with Crippen LogP contribution < -0.4 is 0 Å². The van der Waals surface area contributed by atoms with E-state index < -0.39 is 11.6 Å². The Balaban J connectivity index is 2.25. The quantitative estimate of drug-likeness (QED) is 0.680. The van der Waals surface area contributed by atoms with E-state index in [1.165, 1.54) is 12.1 Å². The van der Waals surface area contributed by atoms with Gasteiger partial charge in [0.2, 0.25) is 0 Å². The first-order valence-electron chi connectivity index (χ1n) is 6.37. The molecule has 0 saturated heterocycles. The monoisotopic (exact) mass is 254 g/mol. The molecule has 0 aliphatic heterocycles. The molecule has 0 aromatic heterocycles. The molecule has 0 amide bonds. The summed E-state index contributed by atoms with van der Waals surface area (Å²) in [5.74, 6) is -0.437. The third kappa shape index (κ3) is 2.77. The maximum atomic E-state index is 13.7. The van der Waals surface area contributed by atoms with Gasteiger partial charge in [0.25, 0.3) is 0 Å². The van der Waals surface area contributed by atoms with Gasteiger partial charge in [0.05, 0.1) is 6.33 Å². The Hall–Kier alpha value is -1.25. The van der Waals surface area contributed by atoms with Gasteiger partial charge in [0.1, 0.15) is 11.6 Å². The van der Waals surface area contributed by atoms with Gasteiger partial charge in [-0.3, -0.25) is 0 Å². The highest BCUT2D eigenvalue weighted by molar-refractivity contribution is 5.51. The van der Waals surface area contributed by atoms with E-state index in [4.69, 9.17) is 0 Å².